The maximum atomic E-state index is 13.8. The summed E-state index contributed by atoms with van der Waals surface area (Å²) in [6.07, 6.45) is 0.846. The third kappa shape index (κ3) is 7.46. The quantitative estimate of drug-likeness (QED) is 0.260. The lowest BCUT2D eigenvalue weighted by Crippen LogP contribution is -2.44. The summed E-state index contributed by atoms with van der Waals surface area (Å²) in [5.74, 6) is 0.353. The van der Waals surface area contributed by atoms with Gasteiger partial charge in [-0.15, -0.1) is 0 Å². The van der Waals surface area contributed by atoms with Crippen LogP contribution in [0.25, 0.3) is 0 Å². The molecule has 0 aliphatic carbocycles. The normalized spacial score (nSPS) is 11.4. The Morgan fingerprint density at radius 3 is 2.03 bits per heavy atom. The van der Waals surface area contributed by atoms with Crippen LogP contribution in [0.4, 0.5) is 0 Å². The molecule has 0 radical (unpaired) electrons. The maximum Gasteiger partial charge on any atom is 0.247 e. The number of benzene rings is 4. The van der Waals surface area contributed by atoms with E-state index in [1.54, 1.807) is 24.1 Å². The van der Waals surface area contributed by atoms with Gasteiger partial charge in [0, 0.05) is 18.1 Å². The standard InChI is InChI=1S/C32H31ClN2O3/c1-38-29-18-14-26(15-19-29)23-35(30(36)22-25-12-16-28(33)17-13-25)31(27-10-6-3-7-11-27)32(37)34-21-20-24-8-4-2-5-9-24/h2-19,31H,20-23H2,1H3,(H,34,37). The van der Waals surface area contributed by atoms with Crippen LogP contribution in [0, 0.1) is 0 Å². The van der Waals surface area contributed by atoms with Crippen molar-refractivity contribution >= 4 is 23.4 Å². The number of hydrogen-bond acceptors (Lipinski definition) is 3. The number of nitrogens with zero attached hydrogens (tertiary/aromatic N) is 1. The van der Waals surface area contributed by atoms with Crippen LogP contribution in [0.5, 0.6) is 5.75 Å². The third-order valence-corrected chi connectivity index (χ3v) is 6.58. The summed E-state index contributed by atoms with van der Waals surface area (Å²) in [6.45, 7) is 0.732. The lowest BCUT2D eigenvalue weighted by atomic mass is 10.0. The fourth-order valence-corrected chi connectivity index (χ4v) is 4.44. The van der Waals surface area contributed by atoms with Crippen molar-refractivity contribution in [3.8, 4) is 5.75 Å². The first-order valence-corrected chi connectivity index (χ1v) is 12.9. The summed E-state index contributed by atoms with van der Waals surface area (Å²) in [6, 6.07) is 33.4. The molecule has 0 aliphatic heterocycles. The molecular weight excluding hydrogens is 496 g/mol. The maximum absolute atomic E-state index is 13.8. The van der Waals surface area contributed by atoms with E-state index in [-0.39, 0.29) is 24.8 Å². The van der Waals surface area contributed by atoms with E-state index in [2.05, 4.69) is 5.32 Å². The summed E-state index contributed by atoms with van der Waals surface area (Å²) >= 11 is 6.05. The Hall–Kier alpha value is -4.09. The van der Waals surface area contributed by atoms with Gasteiger partial charge in [-0.1, -0.05) is 96.5 Å². The van der Waals surface area contributed by atoms with E-state index in [0.29, 0.717) is 18.0 Å². The van der Waals surface area contributed by atoms with Crippen molar-refractivity contribution in [1.82, 2.24) is 10.2 Å². The Kier molecular flexibility index (Phi) is 9.54. The molecule has 194 valence electrons. The molecule has 0 saturated carbocycles. The zero-order valence-corrected chi connectivity index (χ0v) is 22.1. The SMILES string of the molecule is COc1ccc(CN(C(=O)Cc2ccc(Cl)cc2)C(C(=O)NCCc2ccccc2)c2ccccc2)cc1. The number of hydrogen-bond donors (Lipinski definition) is 1. The molecule has 4 aromatic carbocycles. The van der Waals surface area contributed by atoms with Crippen molar-refractivity contribution in [1.29, 1.82) is 0 Å². The second-order valence-corrected chi connectivity index (χ2v) is 9.45. The number of carbonyl (C=O) groups excluding carboxylic acids is 2. The van der Waals surface area contributed by atoms with Crippen LogP contribution in [-0.2, 0) is 29.0 Å². The molecule has 0 spiro atoms. The molecule has 0 fully saturated rings. The van der Waals surface area contributed by atoms with Crippen molar-refractivity contribution in [3.05, 3.63) is 136 Å². The van der Waals surface area contributed by atoms with Crippen molar-refractivity contribution in [2.45, 2.75) is 25.4 Å². The second kappa shape index (κ2) is 13.5. The number of halogens is 1. The van der Waals surface area contributed by atoms with E-state index in [9.17, 15) is 9.59 Å². The first-order valence-electron chi connectivity index (χ1n) is 12.6. The number of ether oxygens (including phenoxy) is 1. The molecule has 0 aromatic heterocycles. The molecule has 1 unspecified atom stereocenters. The fraction of sp³-hybridized carbons (Fsp3) is 0.188. The van der Waals surface area contributed by atoms with E-state index in [0.717, 1.165) is 28.0 Å². The fourth-order valence-electron chi connectivity index (χ4n) is 4.31. The van der Waals surface area contributed by atoms with Gasteiger partial charge in [0.2, 0.25) is 11.8 Å². The second-order valence-electron chi connectivity index (χ2n) is 9.01. The topological polar surface area (TPSA) is 58.6 Å². The monoisotopic (exact) mass is 526 g/mol. The molecule has 0 aliphatic rings. The number of methoxy groups -OCH3 is 1. The molecule has 1 N–H and O–H groups in total. The van der Waals surface area contributed by atoms with Crippen molar-refractivity contribution in [2.24, 2.45) is 0 Å². The highest BCUT2D eigenvalue weighted by molar-refractivity contribution is 6.30. The number of amides is 2. The summed E-state index contributed by atoms with van der Waals surface area (Å²) in [5, 5.41) is 3.68. The molecule has 6 heteroatoms. The van der Waals surface area contributed by atoms with Crippen LogP contribution in [0.2, 0.25) is 5.02 Å². The Morgan fingerprint density at radius 2 is 1.39 bits per heavy atom. The predicted octanol–water partition coefficient (Wildman–Crippen LogP) is 6.02. The predicted molar refractivity (Wildman–Crippen MR) is 151 cm³/mol. The van der Waals surface area contributed by atoms with Gasteiger partial charge in [-0.05, 0) is 52.9 Å². The van der Waals surface area contributed by atoms with Crippen molar-refractivity contribution < 1.29 is 14.3 Å². The Morgan fingerprint density at radius 1 is 0.789 bits per heavy atom. The Balaban J connectivity index is 1.62. The Bertz CT molecular complexity index is 1310. The highest BCUT2D eigenvalue weighted by Gasteiger charge is 2.31. The van der Waals surface area contributed by atoms with Gasteiger partial charge in [-0.25, -0.2) is 0 Å². The Labute approximate surface area is 229 Å². The van der Waals surface area contributed by atoms with Crippen LogP contribution in [0.3, 0.4) is 0 Å². The minimum Gasteiger partial charge on any atom is -0.497 e. The average molecular weight is 527 g/mol. The largest absolute Gasteiger partial charge is 0.497 e. The zero-order chi connectivity index (χ0) is 26.7. The van der Waals surface area contributed by atoms with Crippen LogP contribution in [0.1, 0.15) is 28.3 Å². The first kappa shape index (κ1) is 27.0. The highest BCUT2D eigenvalue weighted by atomic mass is 35.5. The van der Waals surface area contributed by atoms with Gasteiger partial charge in [-0.2, -0.15) is 0 Å². The molecule has 0 saturated heterocycles. The summed E-state index contributed by atoms with van der Waals surface area (Å²) in [5.41, 5.74) is 3.62. The molecule has 0 bridgehead atoms. The average Bonchev–Trinajstić information content (AvgIpc) is 2.95. The number of nitrogens with one attached hydrogen (secondary N) is 1. The van der Waals surface area contributed by atoms with E-state index in [4.69, 9.17) is 16.3 Å². The van der Waals surface area contributed by atoms with E-state index in [1.165, 1.54) is 0 Å². The summed E-state index contributed by atoms with van der Waals surface area (Å²) < 4.78 is 5.29. The van der Waals surface area contributed by atoms with Gasteiger partial charge in [0.1, 0.15) is 11.8 Å². The summed E-state index contributed by atoms with van der Waals surface area (Å²) in [7, 11) is 1.61. The van der Waals surface area contributed by atoms with Crippen LogP contribution in [0.15, 0.2) is 109 Å². The summed E-state index contributed by atoms with van der Waals surface area (Å²) in [4.78, 5) is 29.2. The molecule has 0 heterocycles. The van der Waals surface area contributed by atoms with Crippen LogP contribution < -0.4 is 10.1 Å². The van der Waals surface area contributed by atoms with Crippen molar-refractivity contribution in [3.63, 3.8) is 0 Å². The molecule has 2 amide bonds. The van der Waals surface area contributed by atoms with Crippen molar-refractivity contribution in [2.75, 3.05) is 13.7 Å². The molecule has 4 aromatic rings. The number of rotatable bonds is 11. The molecule has 4 rings (SSSR count). The van der Waals surface area contributed by atoms with Gasteiger partial charge >= 0.3 is 0 Å². The minimum absolute atomic E-state index is 0.147. The molecular formula is C32H31ClN2O3. The van der Waals surface area contributed by atoms with E-state index in [1.807, 2.05) is 97.1 Å². The number of carbonyl (C=O) groups is 2. The van der Waals surface area contributed by atoms with Crippen LogP contribution >= 0.6 is 11.6 Å². The first-order chi connectivity index (χ1) is 18.5. The minimum atomic E-state index is -0.797. The smallest absolute Gasteiger partial charge is 0.247 e. The van der Waals surface area contributed by atoms with Crippen LogP contribution in [-0.4, -0.2) is 30.4 Å². The van der Waals surface area contributed by atoms with E-state index < -0.39 is 6.04 Å². The molecule has 1 atom stereocenters. The third-order valence-electron chi connectivity index (χ3n) is 6.33. The van der Waals surface area contributed by atoms with Gasteiger partial charge < -0.3 is 15.0 Å². The lowest BCUT2D eigenvalue weighted by Gasteiger charge is -2.32. The van der Waals surface area contributed by atoms with Gasteiger partial charge in [0.05, 0.1) is 13.5 Å². The van der Waals surface area contributed by atoms with Gasteiger partial charge in [-0.3, -0.25) is 9.59 Å². The highest BCUT2D eigenvalue weighted by Crippen LogP contribution is 2.26. The van der Waals surface area contributed by atoms with E-state index >= 15 is 0 Å². The molecule has 38 heavy (non-hydrogen) atoms. The van der Waals surface area contributed by atoms with Gasteiger partial charge in [0.25, 0.3) is 0 Å². The van der Waals surface area contributed by atoms with Gasteiger partial charge in [0.15, 0.2) is 0 Å². The molecule has 5 nitrogen and oxygen atoms in total. The lowest BCUT2D eigenvalue weighted by molar-refractivity contribution is -0.141. The zero-order valence-electron chi connectivity index (χ0n) is 21.3.